The van der Waals surface area contributed by atoms with Crippen LogP contribution in [-0.4, -0.2) is 9.72 Å². The highest BCUT2D eigenvalue weighted by atomic mass is 35.5. The van der Waals surface area contributed by atoms with Gasteiger partial charge in [0.2, 0.25) is 0 Å². The van der Waals surface area contributed by atoms with Crippen LogP contribution in [-0.2, 0) is 6.54 Å². The average molecular weight is 315 g/mol. The van der Waals surface area contributed by atoms with Crippen molar-refractivity contribution in [2.24, 2.45) is 0 Å². The quantitative estimate of drug-likeness (QED) is 0.738. The van der Waals surface area contributed by atoms with Crippen molar-refractivity contribution in [3.8, 4) is 11.1 Å². The fourth-order valence-corrected chi connectivity index (χ4v) is 2.74. The van der Waals surface area contributed by atoms with Gasteiger partial charge >= 0.3 is 0 Å². The molecule has 0 amide bonds. The summed E-state index contributed by atoms with van der Waals surface area (Å²) in [7, 11) is 0. The second kappa shape index (κ2) is 5.81. The van der Waals surface area contributed by atoms with Gasteiger partial charge in [-0.05, 0) is 37.6 Å². The van der Waals surface area contributed by atoms with E-state index >= 15 is 0 Å². The molecule has 1 aromatic carbocycles. The maximum atomic E-state index is 12.1. The van der Waals surface area contributed by atoms with Crippen LogP contribution in [0.5, 0.6) is 0 Å². The van der Waals surface area contributed by atoms with Crippen LogP contribution >= 0.6 is 11.6 Å². The minimum absolute atomic E-state index is 0.0597. The van der Waals surface area contributed by atoms with Gasteiger partial charge in [0.15, 0.2) is 0 Å². The van der Waals surface area contributed by atoms with Crippen LogP contribution in [0.4, 0.5) is 0 Å². The van der Waals surface area contributed by atoms with Crippen molar-refractivity contribution in [2.75, 3.05) is 0 Å². The third kappa shape index (κ3) is 2.83. The first-order valence-corrected chi connectivity index (χ1v) is 7.30. The molecule has 0 unspecified atom stereocenters. The number of aryl methyl sites for hydroxylation is 2. The van der Waals surface area contributed by atoms with Crippen LogP contribution in [0.3, 0.4) is 0 Å². The van der Waals surface area contributed by atoms with Crippen molar-refractivity contribution in [1.29, 1.82) is 0 Å². The molecule has 2 aromatic heterocycles. The van der Waals surface area contributed by atoms with Gasteiger partial charge in [0, 0.05) is 28.4 Å². The molecule has 3 aromatic rings. The molecule has 3 rings (SSSR count). The molecule has 4 nitrogen and oxygen atoms in total. The number of nitrogens with zero attached hydrogens (tertiary/aromatic N) is 2. The predicted octanol–water partition coefficient (Wildman–Crippen LogP) is 3.82. The highest BCUT2D eigenvalue weighted by Gasteiger charge is 2.12. The molecule has 0 bridgehead atoms. The SMILES string of the molecule is Cc1noc(C)c1-c1ccc(=O)n(Cc2cccc(Cl)c2)c1. The molecule has 5 heteroatoms. The summed E-state index contributed by atoms with van der Waals surface area (Å²) in [6.07, 6.45) is 1.83. The Morgan fingerprint density at radius 3 is 2.73 bits per heavy atom. The summed E-state index contributed by atoms with van der Waals surface area (Å²) in [6.45, 7) is 4.22. The van der Waals surface area contributed by atoms with Gasteiger partial charge in [0.1, 0.15) is 5.76 Å². The van der Waals surface area contributed by atoms with E-state index < -0.39 is 0 Å². The molecule has 0 saturated heterocycles. The van der Waals surface area contributed by atoms with Gasteiger partial charge in [0.25, 0.3) is 5.56 Å². The first-order chi connectivity index (χ1) is 10.5. The standard InChI is InChI=1S/C17H15ClN2O2/c1-11-17(12(2)22-19-11)14-6-7-16(21)20(10-14)9-13-4-3-5-15(18)8-13/h3-8,10H,9H2,1-2H3. The molecular formula is C17H15ClN2O2. The Morgan fingerprint density at radius 1 is 1.23 bits per heavy atom. The third-order valence-corrected chi connectivity index (χ3v) is 3.78. The van der Waals surface area contributed by atoms with E-state index in [9.17, 15) is 4.79 Å². The summed E-state index contributed by atoms with van der Waals surface area (Å²) in [5.74, 6) is 0.741. The van der Waals surface area contributed by atoms with E-state index in [1.54, 1.807) is 16.7 Å². The molecule has 0 aliphatic heterocycles. The lowest BCUT2D eigenvalue weighted by Crippen LogP contribution is -2.19. The Kier molecular flexibility index (Phi) is 3.86. The van der Waals surface area contributed by atoms with Gasteiger partial charge in [-0.15, -0.1) is 0 Å². The topological polar surface area (TPSA) is 48.0 Å². The molecule has 0 radical (unpaired) electrons. The molecular weight excluding hydrogens is 300 g/mol. The number of pyridine rings is 1. The highest BCUT2D eigenvalue weighted by molar-refractivity contribution is 6.30. The Morgan fingerprint density at radius 2 is 2.05 bits per heavy atom. The van der Waals surface area contributed by atoms with Crippen LogP contribution < -0.4 is 5.56 Å². The van der Waals surface area contributed by atoms with Crippen molar-refractivity contribution < 1.29 is 4.52 Å². The lowest BCUT2D eigenvalue weighted by molar-refractivity contribution is 0.393. The Labute approximate surface area is 133 Å². The molecule has 0 aliphatic carbocycles. The predicted molar refractivity (Wildman–Crippen MR) is 86.2 cm³/mol. The summed E-state index contributed by atoms with van der Waals surface area (Å²) in [4.78, 5) is 12.1. The van der Waals surface area contributed by atoms with Gasteiger partial charge in [-0.25, -0.2) is 0 Å². The van der Waals surface area contributed by atoms with Crippen LogP contribution in [0.15, 0.2) is 51.9 Å². The molecule has 112 valence electrons. The van der Waals surface area contributed by atoms with E-state index in [4.69, 9.17) is 16.1 Å². The van der Waals surface area contributed by atoms with E-state index in [1.807, 2.05) is 44.3 Å². The van der Waals surface area contributed by atoms with Crippen molar-refractivity contribution in [2.45, 2.75) is 20.4 Å². The second-order valence-electron chi connectivity index (χ2n) is 5.21. The first-order valence-electron chi connectivity index (χ1n) is 6.93. The van der Waals surface area contributed by atoms with Gasteiger partial charge in [-0.1, -0.05) is 28.9 Å². The zero-order chi connectivity index (χ0) is 15.7. The van der Waals surface area contributed by atoms with Gasteiger partial charge in [-0.2, -0.15) is 0 Å². The van der Waals surface area contributed by atoms with Crippen molar-refractivity contribution in [1.82, 2.24) is 9.72 Å². The number of aromatic nitrogens is 2. The smallest absolute Gasteiger partial charge is 0.250 e. The Bertz CT molecular complexity index is 861. The first kappa shape index (κ1) is 14.6. The minimum atomic E-state index is -0.0597. The number of rotatable bonds is 3. The third-order valence-electron chi connectivity index (χ3n) is 3.55. The molecule has 0 fully saturated rings. The van der Waals surface area contributed by atoms with E-state index in [-0.39, 0.29) is 5.56 Å². The highest BCUT2D eigenvalue weighted by Crippen LogP contribution is 2.25. The molecule has 0 saturated carbocycles. The summed E-state index contributed by atoms with van der Waals surface area (Å²) < 4.78 is 6.86. The van der Waals surface area contributed by atoms with Crippen LogP contribution in [0.1, 0.15) is 17.0 Å². The lowest BCUT2D eigenvalue weighted by Gasteiger charge is -2.09. The Balaban J connectivity index is 2.02. The Hall–Kier alpha value is -2.33. The fourth-order valence-electron chi connectivity index (χ4n) is 2.53. The van der Waals surface area contributed by atoms with E-state index in [1.165, 1.54) is 0 Å². The molecule has 0 N–H and O–H groups in total. The number of benzene rings is 1. The summed E-state index contributed by atoms with van der Waals surface area (Å²) in [5, 5.41) is 4.62. The van der Waals surface area contributed by atoms with Crippen LogP contribution in [0, 0.1) is 13.8 Å². The molecule has 0 atom stereocenters. The van der Waals surface area contributed by atoms with Gasteiger partial charge in [-0.3, -0.25) is 4.79 Å². The zero-order valence-corrected chi connectivity index (χ0v) is 13.1. The number of hydrogen-bond acceptors (Lipinski definition) is 3. The van der Waals surface area contributed by atoms with Gasteiger partial charge in [0.05, 0.1) is 12.2 Å². The number of hydrogen-bond donors (Lipinski definition) is 0. The summed E-state index contributed by atoms with van der Waals surface area (Å²) >= 11 is 6.00. The van der Waals surface area contributed by atoms with Crippen LogP contribution in [0.2, 0.25) is 5.02 Å². The normalized spacial score (nSPS) is 10.9. The van der Waals surface area contributed by atoms with E-state index in [0.29, 0.717) is 11.6 Å². The van der Waals surface area contributed by atoms with E-state index in [2.05, 4.69) is 5.16 Å². The fraction of sp³-hybridized carbons (Fsp3) is 0.176. The molecule has 2 heterocycles. The largest absolute Gasteiger partial charge is 0.361 e. The van der Waals surface area contributed by atoms with Crippen LogP contribution in [0.25, 0.3) is 11.1 Å². The maximum Gasteiger partial charge on any atom is 0.250 e. The van der Waals surface area contributed by atoms with Gasteiger partial charge < -0.3 is 9.09 Å². The monoisotopic (exact) mass is 314 g/mol. The van der Waals surface area contributed by atoms with Crippen molar-refractivity contribution in [3.05, 3.63) is 75.0 Å². The zero-order valence-electron chi connectivity index (χ0n) is 12.3. The number of halogens is 1. The van der Waals surface area contributed by atoms with E-state index in [0.717, 1.165) is 28.1 Å². The van der Waals surface area contributed by atoms with Crippen molar-refractivity contribution >= 4 is 11.6 Å². The average Bonchev–Trinajstić information content (AvgIpc) is 2.81. The minimum Gasteiger partial charge on any atom is -0.361 e. The molecule has 0 spiro atoms. The summed E-state index contributed by atoms with van der Waals surface area (Å²) in [5.41, 5.74) is 3.57. The van der Waals surface area contributed by atoms with Crippen molar-refractivity contribution in [3.63, 3.8) is 0 Å². The lowest BCUT2D eigenvalue weighted by atomic mass is 10.1. The summed E-state index contributed by atoms with van der Waals surface area (Å²) in [6, 6.07) is 10.8. The second-order valence-corrected chi connectivity index (χ2v) is 5.65. The molecule has 0 aliphatic rings. The molecule has 22 heavy (non-hydrogen) atoms. The maximum absolute atomic E-state index is 12.1.